The Morgan fingerprint density at radius 3 is 2.82 bits per heavy atom. The van der Waals surface area contributed by atoms with Gasteiger partial charge in [0.05, 0.1) is 0 Å². The van der Waals surface area contributed by atoms with Crippen LogP contribution < -0.4 is 5.32 Å². The van der Waals surface area contributed by atoms with E-state index in [-0.39, 0.29) is 6.04 Å². The SMILES string of the molecule is CCCCC(NC1CCCC1SCC)C(=O)O. The fourth-order valence-corrected chi connectivity index (χ4v) is 3.68. The Bertz CT molecular complexity index is 235. The molecule has 3 atom stereocenters. The van der Waals surface area contributed by atoms with E-state index in [1.54, 1.807) is 0 Å². The standard InChI is InChI=1S/C13H25NO2S/c1-3-5-7-11(13(15)16)14-10-8-6-9-12(10)17-4-2/h10-12,14H,3-9H2,1-2H3,(H,15,16). The van der Waals surface area contributed by atoms with Gasteiger partial charge in [0.2, 0.25) is 0 Å². The average Bonchev–Trinajstić information content (AvgIpc) is 2.72. The second-order valence-electron chi connectivity index (χ2n) is 4.73. The highest BCUT2D eigenvalue weighted by molar-refractivity contribution is 7.99. The van der Waals surface area contributed by atoms with Crippen molar-refractivity contribution in [1.29, 1.82) is 0 Å². The van der Waals surface area contributed by atoms with Crippen LogP contribution in [-0.4, -0.2) is 34.2 Å². The van der Waals surface area contributed by atoms with E-state index in [0.717, 1.165) is 31.4 Å². The van der Waals surface area contributed by atoms with E-state index in [1.807, 2.05) is 11.8 Å². The van der Waals surface area contributed by atoms with Crippen molar-refractivity contribution < 1.29 is 9.90 Å². The van der Waals surface area contributed by atoms with Crippen molar-refractivity contribution in [2.45, 2.75) is 69.7 Å². The fraction of sp³-hybridized carbons (Fsp3) is 0.923. The number of carbonyl (C=O) groups is 1. The van der Waals surface area contributed by atoms with E-state index in [2.05, 4.69) is 19.2 Å². The number of rotatable bonds is 8. The molecule has 0 aromatic heterocycles. The Kier molecular flexibility index (Phi) is 6.97. The minimum atomic E-state index is -0.689. The number of hydrogen-bond acceptors (Lipinski definition) is 3. The highest BCUT2D eigenvalue weighted by atomic mass is 32.2. The number of carboxylic acid groups (broad SMARTS) is 1. The smallest absolute Gasteiger partial charge is 0.320 e. The van der Waals surface area contributed by atoms with E-state index in [1.165, 1.54) is 12.8 Å². The maximum absolute atomic E-state index is 11.2. The first-order chi connectivity index (χ1) is 8.19. The molecule has 1 aliphatic carbocycles. The Balaban J connectivity index is 2.44. The summed E-state index contributed by atoms with van der Waals surface area (Å²) in [6.07, 6.45) is 6.40. The Labute approximate surface area is 109 Å². The summed E-state index contributed by atoms with van der Waals surface area (Å²) >= 11 is 1.97. The quantitative estimate of drug-likeness (QED) is 0.703. The van der Waals surface area contributed by atoms with Gasteiger partial charge in [0.15, 0.2) is 0 Å². The lowest BCUT2D eigenvalue weighted by atomic mass is 10.1. The molecule has 3 unspecified atom stereocenters. The lowest BCUT2D eigenvalue weighted by molar-refractivity contribution is -0.139. The molecule has 3 nitrogen and oxygen atoms in total. The normalized spacial score (nSPS) is 26.0. The van der Waals surface area contributed by atoms with Gasteiger partial charge >= 0.3 is 5.97 Å². The van der Waals surface area contributed by atoms with Crippen molar-refractivity contribution in [2.75, 3.05) is 5.75 Å². The molecule has 1 fully saturated rings. The van der Waals surface area contributed by atoms with Crippen LogP contribution in [0.4, 0.5) is 0 Å². The zero-order valence-electron chi connectivity index (χ0n) is 10.9. The summed E-state index contributed by atoms with van der Waals surface area (Å²) in [6.45, 7) is 4.27. The number of aliphatic carboxylic acids is 1. The molecule has 0 aromatic rings. The third kappa shape index (κ3) is 4.88. The zero-order valence-corrected chi connectivity index (χ0v) is 11.8. The maximum atomic E-state index is 11.2. The third-order valence-electron chi connectivity index (χ3n) is 3.39. The minimum Gasteiger partial charge on any atom is -0.480 e. The molecule has 0 spiro atoms. The summed E-state index contributed by atoms with van der Waals surface area (Å²) in [4.78, 5) is 11.2. The van der Waals surface area contributed by atoms with Gasteiger partial charge in [-0.3, -0.25) is 4.79 Å². The van der Waals surface area contributed by atoms with Gasteiger partial charge < -0.3 is 10.4 Å². The number of nitrogens with one attached hydrogen (secondary N) is 1. The molecule has 0 saturated heterocycles. The van der Waals surface area contributed by atoms with Gasteiger partial charge in [-0.15, -0.1) is 0 Å². The molecule has 1 saturated carbocycles. The minimum absolute atomic E-state index is 0.349. The van der Waals surface area contributed by atoms with Gasteiger partial charge in [-0.25, -0.2) is 0 Å². The van der Waals surface area contributed by atoms with Crippen LogP contribution in [0, 0.1) is 0 Å². The van der Waals surface area contributed by atoms with Crippen molar-refractivity contribution in [1.82, 2.24) is 5.32 Å². The molecule has 1 aliphatic rings. The average molecular weight is 259 g/mol. The lowest BCUT2D eigenvalue weighted by Crippen LogP contribution is -2.45. The van der Waals surface area contributed by atoms with E-state index in [0.29, 0.717) is 11.3 Å². The first-order valence-electron chi connectivity index (χ1n) is 6.79. The first kappa shape index (κ1) is 14.8. The Morgan fingerprint density at radius 1 is 1.47 bits per heavy atom. The van der Waals surface area contributed by atoms with Crippen molar-refractivity contribution in [2.24, 2.45) is 0 Å². The molecule has 100 valence electrons. The molecule has 0 bridgehead atoms. The summed E-state index contributed by atoms with van der Waals surface area (Å²) < 4.78 is 0. The Morgan fingerprint density at radius 2 is 2.24 bits per heavy atom. The molecule has 0 radical (unpaired) electrons. The van der Waals surface area contributed by atoms with Gasteiger partial charge in [-0.2, -0.15) is 11.8 Å². The molecular weight excluding hydrogens is 234 g/mol. The van der Waals surface area contributed by atoms with E-state index in [9.17, 15) is 9.90 Å². The highest BCUT2D eigenvalue weighted by Gasteiger charge is 2.30. The maximum Gasteiger partial charge on any atom is 0.320 e. The molecule has 2 N–H and O–H groups in total. The predicted octanol–water partition coefficient (Wildman–Crippen LogP) is 2.89. The predicted molar refractivity (Wildman–Crippen MR) is 73.6 cm³/mol. The van der Waals surface area contributed by atoms with Crippen molar-refractivity contribution in [3.8, 4) is 0 Å². The molecule has 0 amide bonds. The molecule has 0 aliphatic heterocycles. The van der Waals surface area contributed by atoms with Gasteiger partial charge in [0.1, 0.15) is 6.04 Å². The van der Waals surface area contributed by atoms with Crippen molar-refractivity contribution in [3.05, 3.63) is 0 Å². The van der Waals surface area contributed by atoms with Crippen LogP contribution in [0.15, 0.2) is 0 Å². The fourth-order valence-electron chi connectivity index (χ4n) is 2.48. The molecule has 17 heavy (non-hydrogen) atoms. The monoisotopic (exact) mass is 259 g/mol. The Hall–Kier alpha value is -0.220. The molecule has 0 aromatic carbocycles. The number of hydrogen-bond donors (Lipinski definition) is 2. The van der Waals surface area contributed by atoms with Crippen LogP contribution in [0.2, 0.25) is 0 Å². The number of unbranched alkanes of at least 4 members (excludes halogenated alkanes) is 1. The third-order valence-corrected chi connectivity index (χ3v) is 4.72. The van der Waals surface area contributed by atoms with Crippen molar-refractivity contribution >= 4 is 17.7 Å². The molecule has 1 rings (SSSR count). The number of thioether (sulfide) groups is 1. The van der Waals surface area contributed by atoms with Gasteiger partial charge in [-0.05, 0) is 25.0 Å². The number of carboxylic acids is 1. The molecule has 4 heteroatoms. The van der Waals surface area contributed by atoms with Crippen molar-refractivity contribution in [3.63, 3.8) is 0 Å². The van der Waals surface area contributed by atoms with Crippen LogP contribution >= 0.6 is 11.8 Å². The lowest BCUT2D eigenvalue weighted by Gasteiger charge is -2.24. The van der Waals surface area contributed by atoms with Gasteiger partial charge in [0, 0.05) is 11.3 Å². The highest BCUT2D eigenvalue weighted by Crippen LogP contribution is 2.30. The summed E-state index contributed by atoms with van der Waals surface area (Å²) in [5, 5.41) is 13.2. The molecular formula is C13H25NO2S. The van der Waals surface area contributed by atoms with E-state index < -0.39 is 5.97 Å². The van der Waals surface area contributed by atoms with Crippen LogP contribution in [0.3, 0.4) is 0 Å². The first-order valence-corrected chi connectivity index (χ1v) is 7.84. The second-order valence-corrected chi connectivity index (χ2v) is 6.25. The van der Waals surface area contributed by atoms with Gasteiger partial charge in [-0.1, -0.05) is 33.1 Å². The van der Waals surface area contributed by atoms with E-state index in [4.69, 9.17) is 0 Å². The summed E-state index contributed by atoms with van der Waals surface area (Å²) in [5.74, 6) is 0.431. The second kappa shape index (κ2) is 7.98. The zero-order chi connectivity index (χ0) is 12.7. The van der Waals surface area contributed by atoms with Crippen LogP contribution in [-0.2, 0) is 4.79 Å². The summed E-state index contributed by atoms with van der Waals surface area (Å²) in [6, 6.07) is 0.0518. The van der Waals surface area contributed by atoms with Crippen LogP contribution in [0.25, 0.3) is 0 Å². The van der Waals surface area contributed by atoms with Crippen LogP contribution in [0.5, 0.6) is 0 Å². The largest absolute Gasteiger partial charge is 0.480 e. The van der Waals surface area contributed by atoms with Gasteiger partial charge in [0.25, 0.3) is 0 Å². The summed E-state index contributed by atoms with van der Waals surface area (Å²) in [5.41, 5.74) is 0. The summed E-state index contributed by atoms with van der Waals surface area (Å²) in [7, 11) is 0. The van der Waals surface area contributed by atoms with E-state index >= 15 is 0 Å². The topological polar surface area (TPSA) is 49.3 Å². The molecule has 0 heterocycles. The van der Waals surface area contributed by atoms with Crippen LogP contribution in [0.1, 0.15) is 52.4 Å².